The Morgan fingerprint density at radius 3 is 2.44 bits per heavy atom. The molecule has 1 fully saturated rings. The molecule has 1 aromatic carbocycles. The summed E-state index contributed by atoms with van der Waals surface area (Å²) in [6.07, 6.45) is 0.0433. The molecule has 34 heavy (non-hydrogen) atoms. The van der Waals surface area contributed by atoms with Crippen LogP contribution in [0.2, 0.25) is 0 Å². The van der Waals surface area contributed by atoms with Gasteiger partial charge < -0.3 is 10.2 Å². The lowest BCUT2D eigenvalue weighted by Crippen LogP contribution is -2.43. The van der Waals surface area contributed by atoms with Crippen LogP contribution in [0.1, 0.15) is 24.1 Å². The molecule has 10 heteroatoms. The van der Waals surface area contributed by atoms with Crippen LogP contribution in [0, 0.1) is 0 Å². The molecule has 0 amide bonds. The molecular formula is C24H24F3N7. The molecule has 0 atom stereocenters. The third-order valence-corrected chi connectivity index (χ3v) is 6.27. The minimum Gasteiger partial charge on any atom is -0.354 e. The van der Waals surface area contributed by atoms with E-state index in [1.165, 1.54) is 18.3 Å². The van der Waals surface area contributed by atoms with Gasteiger partial charge in [0.1, 0.15) is 11.4 Å². The first-order valence-corrected chi connectivity index (χ1v) is 11.1. The number of rotatable bonds is 5. The number of aryl methyl sites for hydroxylation is 1. The number of nitrogens with one attached hydrogen (secondary N) is 1. The highest BCUT2D eigenvalue weighted by atomic mass is 19.4. The molecule has 1 N–H and O–H groups in total. The minimum atomic E-state index is -4.46. The Labute approximate surface area is 194 Å². The largest absolute Gasteiger partial charge is 0.433 e. The van der Waals surface area contributed by atoms with Gasteiger partial charge >= 0.3 is 6.18 Å². The molecule has 0 radical (unpaired) electrons. The van der Waals surface area contributed by atoms with E-state index in [0.717, 1.165) is 53.9 Å². The number of halogens is 3. The summed E-state index contributed by atoms with van der Waals surface area (Å²) in [5, 5.41) is 18.6. The Morgan fingerprint density at radius 1 is 0.971 bits per heavy atom. The van der Waals surface area contributed by atoms with Gasteiger partial charge in [-0.2, -0.15) is 18.3 Å². The highest BCUT2D eigenvalue weighted by Crippen LogP contribution is 2.33. The lowest BCUT2D eigenvalue weighted by atomic mass is 10.0. The molecule has 4 heterocycles. The number of benzene rings is 1. The highest BCUT2D eigenvalue weighted by Gasteiger charge is 2.35. The topological polar surface area (TPSA) is 71.8 Å². The summed E-state index contributed by atoms with van der Waals surface area (Å²) in [7, 11) is 1.88. The number of hydrogen-bond donors (Lipinski definition) is 1. The van der Waals surface area contributed by atoms with Gasteiger partial charge in [-0.05, 0) is 30.5 Å². The van der Waals surface area contributed by atoms with Gasteiger partial charge in [-0.1, -0.05) is 30.3 Å². The molecule has 1 aliphatic heterocycles. The first-order chi connectivity index (χ1) is 16.4. The van der Waals surface area contributed by atoms with E-state index in [4.69, 9.17) is 0 Å². The van der Waals surface area contributed by atoms with Crippen molar-refractivity contribution in [2.75, 3.05) is 18.0 Å². The van der Waals surface area contributed by atoms with Crippen molar-refractivity contribution in [3.63, 3.8) is 0 Å². The van der Waals surface area contributed by atoms with Crippen LogP contribution in [0.25, 0.3) is 22.2 Å². The first-order valence-electron chi connectivity index (χ1n) is 11.1. The summed E-state index contributed by atoms with van der Waals surface area (Å²) in [5.74, 6) is 0.826. The normalized spacial score (nSPS) is 15.2. The second-order valence-corrected chi connectivity index (χ2v) is 8.41. The second kappa shape index (κ2) is 9.02. The van der Waals surface area contributed by atoms with Gasteiger partial charge in [0.2, 0.25) is 0 Å². The zero-order valence-electron chi connectivity index (χ0n) is 18.6. The number of hydrogen-bond acceptors (Lipinski definition) is 6. The van der Waals surface area contributed by atoms with Gasteiger partial charge in [0.25, 0.3) is 0 Å². The van der Waals surface area contributed by atoms with E-state index < -0.39 is 11.9 Å². The van der Waals surface area contributed by atoms with Crippen LogP contribution in [-0.2, 0) is 19.8 Å². The summed E-state index contributed by atoms with van der Waals surface area (Å²) < 4.78 is 41.4. The molecule has 4 aromatic rings. The summed E-state index contributed by atoms with van der Waals surface area (Å²) >= 11 is 0. The van der Waals surface area contributed by atoms with E-state index in [9.17, 15) is 13.2 Å². The maximum absolute atomic E-state index is 13.2. The van der Waals surface area contributed by atoms with E-state index >= 15 is 0 Å². The fourth-order valence-electron chi connectivity index (χ4n) is 4.50. The van der Waals surface area contributed by atoms with E-state index in [1.807, 2.05) is 37.4 Å². The number of pyridine rings is 1. The zero-order chi connectivity index (χ0) is 23.7. The Bertz CT molecular complexity index is 1290. The molecule has 3 aromatic heterocycles. The van der Waals surface area contributed by atoms with Gasteiger partial charge in [-0.25, -0.2) is 0 Å². The number of aromatic nitrogens is 5. The predicted molar refractivity (Wildman–Crippen MR) is 123 cm³/mol. The number of fused-ring (bicyclic) bond motifs is 1. The van der Waals surface area contributed by atoms with E-state index in [0.29, 0.717) is 0 Å². The SMILES string of the molecule is Cn1nccc1-c1nnc(N2CCC(NCc3cccnc3C(F)(F)F)CC2)c2ccccc12. The van der Waals surface area contributed by atoms with Gasteiger partial charge in [-0.15, -0.1) is 10.2 Å². The van der Waals surface area contributed by atoms with Crippen molar-refractivity contribution >= 4 is 16.6 Å². The van der Waals surface area contributed by atoms with E-state index in [2.05, 4.69) is 30.5 Å². The van der Waals surface area contributed by atoms with Crippen molar-refractivity contribution in [3.8, 4) is 11.4 Å². The van der Waals surface area contributed by atoms with E-state index in [1.54, 1.807) is 10.9 Å². The molecule has 0 spiro atoms. The van der Waals surface area contributed by atoms with Crippen molar-refractivity contribution in [3.05, 3.63) is 66.1 Å². The molecule has 7 nitrogen and oxygen atoms in total. The monoisotopic (exact) mass is 467 g/mol. The highest BCUT2D eigenvalue weighted by molar-refractivity contribution is 5.99. The Hall–Kier alpha value is -3.53. The second-order valence-electron chi connectivity index (χ2n) is 8.41. The van der Waals surface area contributed by atoms with Crippen molar-refractivity contribution in [2.24, 2.45) is 7.05 Å². The molecule has 0 aliphatic carbocycles. The van der Waals surface area contributed by atoms with E-state index in [-0.39, 0.29) is 18.2 Å². The third kappa shape index (κ3) is 4.33. The first kappa shape index (κ1) is 22.3. The van der Waals surface area contributed by atoms with Crippen molar-refractivity contribution in [2.45, 2.75) is 31.6 Å². The third-order valence-electron chi connectivity index (χ3n) is 6.27. The maximum atomic E-state index is 13.2. The summed E-state index contributed by atoms with van der Waals surface area (Å²) in [6, 6.07) is 13.1. The lowest BCUT2D eigenvalue weighted by Gasteiger charge is -2.33. The molecule has 0 saturated carbocycles. The molecule has 5 rings (SSSR count). The van der Waals surface area contributed by atoms with Crippen molar-refractivity contribution < 1.29 is 13.2 Å². The number of anilines is 1. The smallest absolute Gasteiger partial charge is 0.354 e. The van der Waals surface area contributed by atoms with Crippen LogP contribution in [-0.4, -0.2) is 44.1 Å². The average molecular weight is 467 g/mol. The molecule has 176 valence electrons. The van der Waals surface area contributed by atoms with Crippen LogP contribution >= 0.6 is 0 Å². The number of alkyl halides is 3. The van der Waals surface area contributed by atoms with Gasteiger partial charge in [-0.3, -0.25) is 9.67 Å². The molecule has 1 aliphatic rings. The zero-order valence-corrected chi connectivity index (χ0v) is 18.6. The number of piperidine rings is 1. The fourth-order valence-corrected chi connectivity index (χ4v) is 4.50. The summed E-state index contributed by atoms with van der Waals surface area (Å²) in [4.78, 5) is 5.73. The molecular weight excluding hydrogens is 443 g/mol. The van der Waals surface area contributed by atoms with Crippen LogP contribution in [0.5, 0.6) is 0 Å². The Morgan fingerprint density at radius 2 is 1.74 bits per heavy atom. The molecule has 1 saturated heterocycles. The van der Waals surface area contributed by atoms with Crippen molar-refractivity contribution in [1.82, 2.24) is 30.3 Å². The summed E-state index contributed by atoms with van der Waals surface area (Å²) in [6.45, 7) is 1.61. The van der Waals surface area contributed by atoms with Crippen LogP contribution in [0.3, 0.4) is 0 Å². The maximum Gasteiger partial charge on any atom is 0.433 e. The van der Waals surface area contributed by atoms with Crippen molar-refractivity contribution in [1.29, 1.82) is 0 Å². The van der Waals surface area contributed by atoms with Gasteiger partial charge in [0.15, 0.2) is 5.82 Å². The van der Waals surface area contributed by atoms with Crippen LogP contribution < -0.4 is 10.2 Å². The van der Waals surface area contributed by atoms with Gasteiger partial charge in [0.05, 0.1) is 5.69 Å². The van der Waals surface area contributed by atoms with Crippen LogP contribution in [0.15, 0.2) is 54.9 Å². The minimum absolute atomic E-state index is 0.116. The number of nitrogens with zero attached hydrogens (tertiary/aromatic N) is 6. The fraction of sp³-hybridized carbons (Fsp3) is 0.333. The summed E-state index contributed by atoms with van der Waals surface area (Å²) in [5.41, 5.74) is 1.02. The Kier molecular flexibility index (Phi) is 5.91. The molecule has 0 unspecified atom stereocenters. The average Bonchev–Trinajstić information content (AvgIpc) is 3.27. The predicted octanol–water partition coefficient (Wildman–Crippen LogP) is 4.20. The standard InChI is InChI=1S/C24H24F3N7/c1-33-20(8-12-30-33)21-18-6-2-3-7-19(18)23(32-31-21)34-13-9-17(10-14-34)29-15-16-5-4-11-28-22(16)24(25,26)27/h2-8,11-12,17,29H,9-10,13-15H2,1H3. The quantitative estimate of drug-likeness (QED) is 0.474. The van der Waals surface area contributed by atoms with Gasteiger partial charge in [0, 0.05) is 55.9 Å². The molecule has 0 bridgehead atoms. The lowest BCUT2D eigenvalue weighted by molar-refractivity contribution is -0.141. The van der Waals surface area contributed by atoms with Crippen LogP contribution in [0.4, 0.5) is 19.0 Å². The Balaban J connectivity index is 1.30.